The van der Waals surface area contributed by atoms with E-state index in [-0.39, 0.29) is 0 Å². The Bertz CT molecular complexity index is 263. The summed E-state index contributed by atoms with van der Waals surface area (Å²) >= 11 is 0. The summed E-state index contributed by atoms with van der Waals surface area (Å²) in [5.41, 5.74) is 5.57. The molecule has 1 unspecified atom stereocenters. The van der Waals surface area contributed by atoms with Gasteiger partial charge in [0.1, 0.15) is 9.84 Å². The Morgan fingerprint density at radius 3 is 2.36 bits per heavy atom. The number of nitrogens with zero attached hydrogens (tertiary/aromatic N) is 1. The number of rotatable bonds is 3. The maximum Gasteiger partial charge on any atom is 0.150 e. The topological polar surface area (TPSA) is 63.4 Å². The molecule has 0 aromatic carbocycles. The van der Waals surface area contributed by atoms with Crippen LogP contribution in [0.4, 0.5) is 0 Å². The van der Waals surface area contributed by atoms with Crippen molar-refractivity contribution in [2.24, 2.45) is 5.73 Å². The number of nitrogens with two attached hydrogens (primary N) is 1. The van der Waals surface area contributed by atoms with E-state index in [0.717, 1.165) is 12.8 Å². The van der Waals surface area contributed by atoms with Gasteiger partial charge in [0.25, 0.3) is 0 Å². The molecule has 0 spiro atoms. The summed E-state index contributed by atoms with van der Waals surface area (Å²) in [5.74, 6) is 0.665. The maximum absolute atomic E-state index is 11.2. The van der Waals surface area contributed by atoms with Gasteiger partial charge in [-0.1, -0.05) is 0 Å². The van der Waals surface area contributed by atoms with E-state index in [1.54, 1.807) is 0 Å². The Balaban J connectivity index is 2.49. The predicted octanol–water partition coefficient (Wildman–Crippen LogP) is -0.157. The van der Waals surface area contributed by atoms with Gasteiger partial charge in [-0.2, -0.15) is 0 Å². The van der Waals surface area contributed by atoms with Crippen molar-refractivity contribution in [3.05, 3.63) is 0 Å². The minimum Gasteiger partial charge on any atom is -0.329 e. The fourth-order valence-electron chi connectivity index (χ4n) is 1.81. The molecule has 0 bridgehead atoms. The summed E-state index contributed by atoms with van der Waals surface area (Å²) in [6.45, 7) is 2.70. The largest absolute Gasteiger partial charge is 0.329 e. The van der Waals surface area contributed by atoms with Crippen molar-refractivity contribution in [3.8, 4) is 0 Å². The van der Waals surface area contributed by atoms with Crippen molar-refractivity contribution >= 4 is 9.84 Å². The maximum atomic E-state index is 11.2. The molecule has 4 nitrogen and oxygen atoms in total. The van der Waals surface area contributed by atoms with Crippen LogP contribution in [0.5, 0.6) is 0 Å². The number of likely N-dealkylation sites (N-methyl/N-ethyl adjacent to an activating group) is 1. The average Bonchev–Trinajstić information content (AvgIpc) is 2.15. The highest BCUT2D eigenvalue weighted by atomic mass is 32.2. The number of hydrogen-bond acceptors (Lipinski definition) is 4. The zero-order chi connectivity index (χ0) is 10.8. The van der Waals surface area contributed by atoms with Gasteiger partial charge >= 0.3 is 0 Å². The fraction of sp³-hybridized carbons (Fsp3) is 1.00. The van der Waals surface area contributed by atoms with E-state index in [0.29, 0.717) is 30.1 Å². The van der Waals surface area contributed by atoms with Crippen LogP contribution in [0, 0.1) is 0 Å². The third-order valence-electron chi connectivity index (χ3n) is 3.14. The second-order valence-electron chi connectivity index (χ2n) is 4.13. The number of sulfone groups is 1. The fourth-order valence-corrected chi connectivity index (χ4v) is 3.28. The molecule has 14 heavy (non-hydrogen) atoms. The minimum atomic E-state index is -2.74. The lowest BCUT2D eigenvalue weighted by Crippen LogP contribution is -2.46. The zero-order valence-corrected chi connectivity index (χ0v) is 9.76. The zero-order valence-electron chi connectivity index (χ0n) is 8.94. The smallest absolute Gasteiger partial charge is 0.150 e. The van der Waals surface area contributed by atoms with Gasteiger partial charge in [0.15, 0.2) is 0 Å². The van der Waals surface area contributed by atoms with E-state index in [1.165, 1.54) is 0 Å². The molecule has 0 aliphatic carbocycles. The van der Waals surface area contributed by atoms with Crippen molar-refractivity contribution in [2.45, 2.75) is 31.8 Å². The van der Waals surface area contributed by atoms with Crippen LogP contribution in [0.3, 0.4) is 0 Å². The van der Waals surface area contributed by atoms with E-state index in [2.05, 4.69) is 11.8 Å². The second-order valence-corrected chi connectivity index (χ2v) is 6.44. The molecule has 1 rings (SSSR count). The molecule has 1 heterocycles. The Morgan fingerprint density at radius 2 is 1.93 bits per heavy atom. The van der Waals surface area contributed by atoms with Crippen molar-refractivity contribution in [3.63, 3.8) is 0 Å². The summed E-state index contributed by atoms with van der Waals surface area (Å²) in [4.78, 5) is 2.20. The van der Waals surface area contributed by atoms with Crippen LogP contribution in [0.2, 0.25) is 0 Å². The summed E-state index contributed by atoms with van der Waals surface area (Å²) in [7, 11) is -0.712. The highest BCUT2D eigenvalue weighted by Crippen LogP contribution is 2.18. The van der Waals surface area contributed by atoms with Crippen LogP contribution in [-0.4, -0.2) is 50.5 Å². The number of hydrogen-bond donors (Lipinski definition) is 1. The van der Waals surface area contributed by atoms with Crippen LogP contribution in [0.25, 0.3) is 0 Å². The van der Waals surface area contributed by atoms with E-state index in [9.17, 15) is 8.42 Å². The van der Waals surface area contributed by atoms with Crippen molar-refractivity contribution < 1.29 is 8.42 Å². The Kier molecular flexibility index (Phi) is 3.92. The first-order valence-electron chi connectivity index (χ1n) is 5.08. The normalized spacial score (nSPS) is 25.1. The molecule has 0 aromatic heterocycles. The van der Waals surface area contributed by atoms with Gasteiger partial charge in [-0.3, -0.25) is 4.90 Å². The van der Waals surface area contributed by atoms with Gasteiger partial charge in [0.2, 0.25) is 0 Å². The monoisotopic (exact) mass is 220 g/mol. The highest BCUT2D eigenvalue weighted by molar-refractivity contribution is 7.91. The van der Waals surface area contributed by atoms with Gasteiger partial charge in [0, 0.05) is 18.6 Å². The lowest BCUT2D eigenvalue weighted by molar-refractivity contribution is 0.176. The third kappa shape index (κ3) is 2.93. The van der Waals surface area contributed by atoms with Gasteiger partial charge in [-0.25, -0.2) is 8.42 Å². The summed E-state index contributed by atoms with van der Waals surface area (Å²) in [5, 5.41) is 0. The van der Waals surface area contributed by atoms with Crippen LogP contribution < -0.4 is 5.73 Å². The first kappa shape index (κ1) is 11.9. The molecule has 0 aromatic rings. The Morgan fingerprint density at radius 1 is 1.43 bits per heavy atom. The molecular weight excluding hydrogens is 200 g/mol. The summed E-state index contributed by atoms with van der Waals surface area (Å²) in [6.07, 6.45) is 1.51. The molecule has 84 valence electrons. The summed E-state index contributed by atoms with van der Waals surface area (Å²) < 4.78 is 22.4. The molecule has 0 amide bonds. The predicted molar refractivity (Wildman–Crippen MR) is 58.0 cm³/mol. The molecule has 1 atom stereocenters. The van der Waals surface area contributed by atoms with Gasteiger partial charge in [-0.15, -0.1) is 0 Å². The second kappa shape index (κ2) is 4.59. The first-order valence-corrected chi connectivity index (χ1v) is 6.91. The van der Waals surface area contributed by atoms with E-state index in [1.807, 2.05) is 7.05 Å². The Hall–Kier alpha value is -0.130. The molecule has 5 heteroatoms. The molecule has 1 aliphatic heterocycles. The molecule has 2 N–H and O–H groups in total. The quantitative estimate of drug-likeness (QED) is 0.718. The first-order chi connectivity index (χ1) is 6.46. The van der Waals surface area contributed by atoms with Gasteiger partial charge in [0.05, 0.1) is 11.5 Å². The standard InChI is InChI=1S/C9H20N2O2S/c1-8(7-10)11(2)9-3-5-14(12,13)6-4-9/h8-9H,3-7,10H2,1-2H3. The average molecular weight is 220 g/mol. The molecule has 0 saturated carbocycles. The van der Waals surface area contributed by atoms with E-state index < -0.39 is 9.84 Å². The highest BCUT2D eigenvalue weighted by Gasteiger charge is 2.27. The van der Waals surface area contributed by atoms with Crippen LogP contribution in [0.1, 0.15) is 19.8 Å². The van der Waals surface area contributed by atoms with E-state index in [4.69, 9.17) is 5.73 Å². The molecule has 1 saturated heterocycles. The molecule has 1 fully saturated rings. The Labute approximate surface area is 86.4 Å². The van der Waals surface area contributed by atoms with Gasteiger partial charge < -0.3 is 5.73 Å². The van der Waals surface area contributed by atoms with Crippen molar-refractivity contribution in [1.29, 1.82) is 0 Å². The minimum absolute atomic E-state index is 0.333. The molecular formula is C9H20N2O2S. The lowest BCUT2D eigenvalue weighted by atomic mass is 10.1. The van der Waals surface area contributed by atoms with Crippen molar-refractivity contribution in [1.82, 2.24) is 4.90 Å². The molecule has 1 aliphatic rings. The van der Waals surface area contributed by atoms with Crippen LogP contribution in [-0.2, 0) is 9.84 Å². The SMILES string of the molecule is CC(CN)N(C)C1CCS(=O)(=O)CC1. The molecule has 0 radical (unpaired) electrons. The van der Waals surface area contributed by atoms with Crippen molar-refractivity contribution in [2.75, 3.05) is 25.1 Å². The van der Waals surface area contributed by atoms with E-state index >= 15 is 0 Å². The summed E-state index contributed by atoms with van der Waals surface area (Å²) in [6, 6.07) is 0.720. The third-order valence-corrected chi connectivity index (χ3v) is 4.85. The lowest BCUT2D eigenvalue weighted by Gasteiger charge is -2.34. The van der Waals surface area contributed by atoms with Crippen LogP contribution >= 0.6 is 0 Å². The van der Waals surface area contributed by atoms with Crippen LogP contribution in [0.15, 0.2) is 0 Å². The van der Waals surface area contributed by atoms with Gasteiger partial charge in [-0.05, 0) is 26.8 Å².